The average molecular weight is 223 g/mol. The molecule has 2 N–H and O–H groups in total. The Morgan fingerprint density at radius 3 is 2.00 bits per heavy atom. The Morgan fingerprint density at radius 1 is 1.14 bits per heavy atom. The van der Waals surface area contributed by atoms with Crippen molar-refractivity contribution in [2.24, 2.45) is 5.73 Å². The molecule has 0 aliphatic rings. The summed E-state index contributed by atoms with van der Waals surface area (Å²) in [5.41, 5.74) is 5.36. The van der Waals surface area contributed by atoms with E-state index in [2.05, 4.69) is 0 Å². The zero-order chi connectivity index (χ0) is 10.9. The third-order valence-corrected chi connectivity index (χ3v) is 3.64. The van der Waals surface area contributed by atoms with Gasteiger partial charge in [0, 0.05) is 0 Å². The first-order valence-electron chi connectivity index (χ1n) is 5.26. The van der Waals surface area contributed by atoms with Crippen molar-refractivity contribution in [1.82, 2.24) is 0 Å². The van der Waals surface area contributed by atoms with Crippen LogP contribution >= 0.6 is 7.60 Å². The minimum Gasteiger partial charge on any atom is -0.330 e. The molecule has 0 rings (SSSR count). The Kier molecular flexibility index (Phi) is 8.49. The number of nitrogens with two attached hydrogens (primary N) is 1. The third-order valence-electron chi connectivity index (χ3n) is 1.62. The van der Waals surface area contributed by atoms with Crippen molar-refractivity contribution in [3.63, 3.8) is 0 Å². The molecule has 0 heterocycles. The van der Waals surface area contributed by atoms with Gasteiger partial charge in [-0.05, 0) is 25.8 Å². The van der Waals surface area contributed by atoms with E-state index in [0.29, 0.717) is 32.3 Å². The van der Waals surface area contributed by atoms with Gasteiger partial charge in [-0.15, -0.1) is 0 Å². The van der Waals surface area contributed by atoms with Gasteiger partial charge in [-0.1, -0.05) is 13.8 Å². The second kappa shape index (κ2) is 8.42. The van der Waals surface area contributed by atoms with Crippen LogP contribution in [0.2, 0.25) is 0 Å². The lowest BCUT2D eigenvalue weighted by atomic mass is 10.5. The predicted octanol–water partition coefficient (Wildman–Crippen LogP) is 2.38. The van der Waals surface area contributed by atoms with E-state index in [4.69, 9.17) is 14.8 Å². The molecule has 14 heavy (non-hydrogen) atoms. The normalized spacial score (nSPS) is 11.9. The van der Waals surface area contributed by atoms with Gasteiger partial charge in [0.2, 0.25) is 0 Å². The Balaban J connectivity index is 3.97. The van der Waals surface area contributed by atoms with Crippen molar-refractivity contribution in [2.75, 3.05) is 25.9 Å². The molecule has 86 valence electrons. The molecule has 4 nitrogen and oxygen atoms in total. The molecule has 0 spiro atoms. The maximum absolute atomic E-state index is 12.0. The topological polar surface area (TPSA) is 61.5 Å². The standard InChI is InChI=1S/C9H22NO3P/c1-3-7-12-14(11,9-5-6-10)13-8-4-2/h3-10H2,1-2H3. The monoisotopic (exact) mass is 223 g/mol. The van der Waals surface area contributed by atoms with E-state index >= 15 is 0 Å². The van der Waals surface area contributed by atoms with E-state index in [0.717, 1.165) is 12.8 Å². The molecule has 0 aliphatic heterocycles. The predicted molar refractivity (Wildman–Crippen MR) is 58.6 cm³/mol. The van der Waals surface area contributed by atoms with Crippen LogP contribution in [-0.4, -0.2) is 25.9 Å². The van der Waals surface area contributed by atoms with Gasteiger partial charge in [0.25, 0.3) is 0 Å². The lowest BCUT2D eigenvalue weighted by Crippen LogP contribution is -2.07. The fourth-order valence-electron chi connectivity index (χ4n) is 0.912. The van der Waals surface area contributed by atoms with E-state index in [1.165, 1.54) is 0 Å². The van der Waals surface area contributed by atoms with Crippen molar-refractivity contribution < 1.29 is 13.6 Å². The van der Waals surface area contributed by atoms with Crippen LogP contribution in [0.3, 0.4) is 0 Å². The number of hydrogen-bond acceptors (Lipinski definition) is 4. The first-order chi connectivity index (χ1) is 6.68. The quantitative estimate of drug-likeness (QED) is 0.609. The Hall–Kier alpha value is 0.110. The second-order valence-corrected chi connectivity index (χ2v) is 5.33. The molecule has 0 fully saturated rings. The molecular weight excluding hydrogens is 201 g/mol. The van der Waals surface area contributed by atoms with E-state index in [1.807, 2.05) is 13.8 Å². The summed E-state index contributed by atoms with van der Waals surface area (Å²) >= 11 is 0. The minimum absolute atomic E-state index is 0.434. The third kappa shape index (κ3) is 6.55. The van der Waals surface area contributed by atoms with Gasteiger partial charge in [-0.2, -0.15) is 0 Å². The highest BCUT2D eigenvalue weighted by atomic mass is 31.2. The summed E-state index contributed by atoms with van der Waals surface area (Å²) in [4.78, 5) is 0. The molecular formula is C9H22NO3P. The van der Waals surface area contributed by atoms with Gasteiger partial charge in [0.1, 0.15) is 0 Å². The second-order valence-electron chi connectivity index (χ2n) is 3.14. The van der Waals surface area contributed by atoms with Gasteiger partial charge >= 0.3 is 7.60 Å². The summed E-state index contributed by atoms with van der Waals surface area (Å²) in [5, 5.41) is 0. The minimum atomic E-state index is -2.85. The molecule has 0 radical (unpaired) electrons. The zero-order valence-electron chi connectivity index (χ0n) is 9.20. The van der Waals surface area contributed by atoms with Crippen LogP contribution in [0.15, 0.2) is 0 Å². The largest absolute Gasteiger partial charge is 0.330 e. The van der Waals surface area contributed by atoms with Crippen LogP contribution in [0, 0.1) is 0 Å². The molecule has 0 aliphatic carbocycles. The molecule has 0 saturated heterocycles. The summed E-state index contributed by atoms with van der Waals surface area (Å²) in [7, 11) is -2.85. The highest BCUT2D eigenvalue weighted by Gasteiger charge is 2.22. The van der Waals surface area contributed by atoms with Crippen LogP contribution in [0.1, 0.15) is 33.1 Å². The molecule has 0 atom stereocenters. The van der Waals surface area contributed by atoms with Gasteiger partial charge in [-0.3, -0.25) is 4.57 Å². The fourth-order valence-corrected chi connectivity index (χ4v) is 2.74. The van der Waals surface area contributed by atoms with Crippen molar-refractivity contribution >= 4 is 7.60 Å². The van der Waals surface area contributed by atoms with Crippen molar-refractivity contribution in [2.45, 2.75) is 33.1 Å². The summed E-state index contributed by atoms with van der Waals surface area (Å²) in [5.74, 6) is 0. The lowest BCUT2D eigenvalue weighted by molar-refractivity contribution is 0.204. The van der Waals surface area contributed by atoms with Crippen LogP contribution in [0.5, 0.6) is 0 Å². The summed E-state index contributed by atoms with van der Waals surface area (Å²) in [6.45, 7) is 5.46. The summed E-state index contributed by atoms with van der Waals surface area (Å²) in [6, 6.07) is 0. The first kappa shape index (κ1) is 14.1. The molecule has 0 aromatic heterocycles. The van der Waals surface area contributed by atoms with E-state index in [9.17, 15) is 4.57 Å². The van der Waals surface area contributed by atoms with E-state index in [-0.39, 0.29) is 0 Å². The Morgan fingerprint density at radius 2 is 1.64 bits per heavy atom. The van der Waals surface area contributed by atoms with E-state index in [1.54, 1.807) is 0 Å². The zero-order valence-corrected chi connectivity index (χ0v) is 10.1. The molecule has 5 heteroatoms. The van der Waals surface area contributed by atoms with Crippen LogP contribution in [0.4, 0.5) is 0 Å². The van der Waals surface area contributed by atoms with Gasteiger partial charge in [0.05, 0.1) is 19.4 Å². The van der Waals surface area contributed by atoms with Crippen LogP contribution in [-0.2, 0) is 13.6 Å². The van der Waals surface area contributed by atoms with Crippen LogP contribution in [0.25, 0.3) is 0 Å². The summed E-state index contributed by atoms with van der Waals surface area (Å²) < 4.78 is 22.5. The highest BCUT2D eigenvalue weighted by Crippen LogP contribution is 2.48. The fraction of sp³-hybridized carbons (Fsp3) is 1.00. The first-order valence-corrected chi connectivity index (χ1v) is 6.99. The lowest BCUT2D eigenvalue weighted by Gasteiger charge is -2.17. The highest BCUT2D eigenvalue weighted by molar-refractivity contribution is 7.53. The maximum atomic E-state index is 12.0. The maximum Gasteiger partial charge on any atom is 0.330 e. The van der Waals surface area contributed by atoms with Crippen molar-refractivity contribution in [3.8, 4) is 0 Å². The number of rotatable bonds is 9. The Labute approximate surface area is 86.7 Å². The van der Waals surface area contributed by atoms with Crippen LogP contribution < -0.4 is 5.73 Å². The molecule has 0 unspecified atom stereocenters. The SMILES string of the molecule is CCCOP(=O)(CCCN)OCCC. The summed E-state index contributed by atoms with van der Waals surface area (Å²) in [6.07, 6.45) is 2.82. The smallest absolute Gasteiger partial charge is 0.330 e. The average Bonchev–Trinajstić information content (AvgIpc) is 2.21. The molecule has 0 amide bonds. The molecule has 0 aromatic rings. The Bertz CT molecular complexity index is 147. The van der Waals surface area contributed by atoms with Gasteiger partial charge in [-0.25, -0.2) is 0 Å². The van der Waals surface area contributed by atoms with Crippen molar-refractivity contribution in [3.05, 3.63) is 0 Å². The van der Waals surface area contributed by atoms with E-state index < -0.39 is 7.60 Å². The van der Waals surface area contributed by atoms with Crippen molar-refractivity contribution in [1.29, 1.82) is 0 Å². The molecule has 0 saturated carbocycles. The van der Waals surface area contributed by atoms with Gasteiger partial charge in [0.15, 0.2) is 0 Å². The van der Waals surface area contributed by atoms with Gasteiger partial charge < -0.3 is 14.8 Å². The number of hydrogen-bond donors (Lipinski definition) is 1. The molecule has 0 aromatic carbocycles. The molecule has 0 bridgehead atoms.